The number of nitrogens with zero attached hydrogens (tertiary/aromatic N) is 2. The summed E-state index contributed by atoms with van der Waals surface area (Å²) in [5.41, 5.74) is 4.51. The van der Waals surface area contributed by atoms with Gasteiger partial charge < -0.3 is 24.1 Å². The van der Waals surface area contributed by atoms with E-state index in [0.29, 0.717) is 53.6 Å². The molecular formula is C30H25N3O5. The molecule has 0 unspecified atom stereocenters. The summed E-state index contributed by atoms with van der Waals surface area (Å²) in [5, 5.41) is 11.7. The summed E-state index contributed by atoms with van der Waals surface area (Å²) < 4.78 is 16.7. The molecule has 1 aliphatic heterocycles. The highest BCUT2D eigenvalue weighted by molar-refractivity contribution is 6.04. The molecule has 1 aromatic heterocycles. The van der Waals surface area contributed by atoms with Crippen molar-refractivity contribution >= 4 is 17.5 Å². The van der Waals surface area contributed by atoms with Gasteiger partial charge in [0, 0.05) is 29.9 Å². The second kappa shape index (κ2) is 10.5. The highest BCUT2D eigenvalue weighted by atomic mass is 16.5. The average Bonchev–Trinajstić information content (AvgIpc) is 3.46. The van der Waals surface area contributed by atoms with Crippen molar-refractivity contribution < 1.29 is 23.5 Å². The van der Waals surface area contributed by atoms with Crippen LogP contribution in [-0.4, -0.2) is 37.5 Å². The molecule has 0 fully saturated rings. The molecule has 0 saturated heterocycles. The van der Waals surface area contributed by atoms with Gasteiger partial charge in [-0.05, 0) is 90.3 Å². The highest BCUT2D eigenvalue weighted by Crippen LogP contribution is 2.34. The Balaban J connectivity index is 1.25. The monoisotopic (exact) mass is 507 g/mol. The van der Waals surface area contributed by atoms with E-state index in [4.69, 9.17) is 19.2 Å². The van der Waals surface area contributed by atoms with Gasteiger partial charge in [0.15, 0.2) is 17.3 Å². The third-order valence-electron chi connectivity index (χ3n) is 6.53. The van der Waals surface area contributed by atoms with Crippen molar-refractivity contribution in [1.29, 1.82) is 5.26 Å². The van der Waals surface area contributed by atoms with Crippen molar-refractivity contribution in [1.82, 2.24) is 4.90 Å². The van der Waals surface area contributed by atoms with Crippen molar-refractivity contribution in [3.63, 3.8) is 0 Å². The number of nitriles is 1. The fourth-order valence-corrected chi connectivity index (χ4v) is 4.44. The Labute approximate surface area is 220 Å². The van der Waals surface area contributed by atoms with Crippen LogP contribution >= 0.6 is 0 Å². The van der Waals surface area contributed by atoms with E-state index in [0.717, 1.165) is 16.7 Å². The van der Waals surface area contributed by atoms with Gasteiger partial charge in [0.1, 0.15) is 5.76 Å². The topological polar surface area (TPSA) is 105 Å². The first-order valence-corrected chi connectivity index (χ1v) is 12.0. The van der Waals surface area contributed by atoms with Crippen molar-refractivity contribution in [2.45, 2.75) is 13.0 Å². The van der Waals surface area contributed by atoms with E-state index in [1.54, 1.807) is 67.7 Å². The number of carbonyl (C=O) groups is 2. The van der Waals surface area contributed by atoms with E-state index < -0.39 is 0 Å². The minimum absolute atomic E-state index is 0.178. The predicted octanol–water partition coefficient (Wildman–Crippen LogP) is 5.29. The van der Waals surface area contributed by atoms with E-state index in [1.807, 2.05) is 30.3 Å². The van der Waals surface area contributed by atoms with E-state index in [2.05, 4.69) is 5.32 Å². The summed E-state index contributed by atoms with van der Waals surface area (Å²) in [4.78, 5) is 27.4. The minimum atomic E-state index is -0.271. The molecule has 0 atom stereocenters. The lowest BCUT2D eigenvalue weighted by molar-refractivity contribution is 0.0703. The molecule has 190 valence electrons. The van der Waals surface area contributed by atoms with Crippen LogP contribution in [0, 0.1) is 11.3 Å². The lowest BCUT2D eigenvalue weighted by Crippen LogP contribution is -2.35. The summed E-state index contributed by atoms with van der Waals surface area (Å²) in [6.45, 7) is 1.03. The molecule has 0 aliphatic carbocycles. The van der Waals surface area contributed by atoms with Crippen LogP contribution in [0.5, 0.6) is 11.5 Å². The van der Waals surface area contributed by atoms with Gasteiger partial charge in [-0.2, -0.15) is 5.26 Å². The average molecular weight is 508 g/mol. The number of nitrogens with one attached hydrogen (secondary N) is 1. The lowest BCUT2D eigenvalue weighted by atomic mass is 9.98. The minimum Gasteiger partial charge on any atom is -0.493 e. The zero-order chi connectivity index (χ0) is 26.6. The number of anilines is 1. The summed E-state index contributed by atoms with van der Waals surface area (Å²) >= 11 is 0. The van der Waals surface area contributed by atoms with Gasteiger partial charge in [0.2, 0.25) is 0 Å². The van der Waals surface area contributed by atoms with Crippen molar-refractivity contribution in [3.05, 3.63) is 101 Å². The van der Waals surface area contributed by atoms with Crippen molar-refractivity contribution in [2.24, 2.45) is 0 Å². The van der Waals surface area contributed by atoms with Crippen LogP contribution in [-0.2, 0) is 13.0 Å². The van der Waals surface area contributed by atoms with Crippen LogP contribution in [0.3, 0.4) is 0 Å². The zero-order valence-corrected chi connectivity index (χ0v) is 21.0. The van der Waals surface area contributed by atoms with Gasteiger partial charge in [0.25, 0.3) is 11.8 Å². The third kappa shape index (κ3) is 4.95. The van der Waals surface area contributed by atoms with Crippen LogP contribution in [0.15, 0.2) is 77.2 Å². The number of ether oxygens (including phenoxy) is 2. The number of hydrogen-bond acceptors (Lipinski definition) is 6. The second-order valence-corrected chi connectivity index (χ2v) is 8.84. The highest BCUT2D eigenvalue weighted by Gasteiger charge is 2.25. The Morgan fingerprint density at radius 1 is 0.921 bits per heavy atom. The first-order chi connectivity index (χ1) is 18.5. The molecule has 4 aromatic rings. The Bertz CT molecular complexity index is 1530. The van der Waals surface area contributed by atoms with Crippen LogP contribution in [0.25, 0.3) is 11.3 Å². The van der Waals surface area contributed by atoms with E-state index >= 15 is 0 Å². The molecule has 0 spiro atoms. The number of furan rings is 1. The SMILES string of the molecule is COc1cc2c(cc1OC)CN(C(=O)c1ccc(-c3ccc(NC(=O)c4ccc(C#N)cc4)cc3)o1)CC2. The van der Waals surface area contributed by atoms with E-state index in [9.17, 15) is 9.59 Å². The van der Waals surface area contributed by atoms with Crippen molar-refractivity contribution in [3.8, 4) is 28.9 Å². The van der Waals surface area contributed by atoms with Gasteiger partial charge in [-0.15, -0.1) is 0 Å². The predicted molar refractivity (Wildman–Crippen MR) is 141 cm³/mol. The maximum absolute atomic E-state index is 13.2. The van der Waals surface area contributed by atoms with E-state index in [1.165, 1.54) is 0 Å². The second-order valence-electron chi connectivity index (χ2n) is 8.84. The largest absolute Gasteiger partial charge is 0.493 e. The maximum Gasteiger partial charge on any atom is 0.289 e. The van der Waals surface area contributed by atoms with Gasteiger partial charge in [-0.25, -0.2) is 0 Å². The molecule has 1 N–H and O–H groups in total. The van der Waals surface area contributed by atoms with Crippen LogP contribution < -0.4 is 14.8 Å². The molecule has 8 nitrogen and oxygen atoms in total. The van der Waals surface area contributed by atoms with Gasteiger partial charge in [0.05, 0.1) is 25.9 Å². The molecule has 2 amide bonds. The molecule has 2 heterocycles. The van der Waals surface area contributed by atoms with Crippen LogP contribution in [0.1, 0.15) is 37.6 Å². The van der Waals surface area contributed by atoms with Crippen LogP contribution in [0.2, 0.25) is 0 Å². The molecule has 38 heavy (non-hydrogen) atoms. The number of hydrogen-bond donors (Lipinski definition) is 1. The molecule has 3 aromatic carbocycles. The number of rotatable bonds is 6. The number of amides is 2. The normalized spacial score (nSPS) is 12.3. The summed E-state index contributed by atoms with van der Waals surface area (Å²) in [6, 6.07) is 23.0. The summed E-state index contributed by atoms with van der Waals surface area (Å²) in [6.07, 6.45) is 0.713. The molecule has 8 heteroatoms. The smallest absolute Gasteiger partial charge is 0.289 e. The molecule has 0 saturated carbocycles. The maximum atomic E-state index is 13.2. The summed E-state index contributed by atoms with van der Waals surface area (Å²) in [5.74, 6) is 1.69. The molecule has 5 rings (SSSR count). The van der Waals surface area contributed by atoms with Gasteiger partial charge >= 0.3 is 0 Å². The number of methoxy groups -OCH3 is 2. The van der Waals surface area contributed by atoms with Gasteiger partial charge in [-0.3, -0.25) is 9.59 Å². The summed E-state index contributed by atoms with van der Waals surface area (Å²) in [7, 11) is 3.20. The first-order valence-electron chi connectivity index (χ1n) is 12.0. The molecule has 0 bridgehead atoms. The number of benzene rings is 3. The van der Waals surface area contributed by atoms with Crippen LogP contribution in [0.4, 0.5) is 5.69 Å². The lowest BCUT2D eigenvalue weighted by Gasteiger charge is -2.29. The van der Waals surface area contributed by atoms with E-state index in [-0.39, 0.29) is 17.6 Å². The fraction of sp³-hybridized carbons (Fsp3) is 0.167. The van der Waals surface area contributed by atoms with Crippen molar-refractivity contribution in [2.75, 3.05) is 26.1 Å². The number of carbonyl (C=O) groups excluding carboxylic acids is 2. The molecular weight excluding hydrogens is 482 g/mol. The Morgan fingerprint density at radius 3 is 2.26 bits per heavy atom. The molecule has 1 aliphatic rings. The standard InChI is InChI=1S/C30H25N3O5/c1-36-27-15-22-13-14-33(18-23(22)16-28(27)37-2)30(35)26-12-11-25(38-26)20-7-9-24(10-8-20)32-29(34)21-5-3-19(17-31)4-6-21/h3-12,15-16H,13-14,18H2,1-2H3,(H,32,34). The zero-order valence-electron chi connectivity index (χ0n) is 21.0. The Morgan fingerprint density at radius 2 is 1.61 bits per heavy atom. The fourth-order valence-electron chi connectivity index (χ4n) is 4.44. The Hall–Kier alpha value is -5.03. The quantitative estimate of drug-likeness (QED) is 0.380. The third-order valence-corrected chi connectivity index (χ3v) is 6.53. The number of fused-ring (bicyclic) bond motifs is 1. The molecule has 0 radical (unpaired) electrons. The van der Waals surface area contributed by atoms with Gasteiger partial charge in [-0.1, -0.05) is 0 Å². The Kier molecular flexibility index (Phi) is 6.83. The first kappa shape index (κ1) is 24.7.